The highest BCUT2D eigenvalue weighted by atomic mass is 32.1. The maximum atomic E-state index is 13.3. The van der Waals surface area contributed by atoms with Crippen molar-refractivity contribution >= 4 is 17.2 Å². The summed E-state index contributed by atoms with van der Waals surface area (Å²) >= 11 is 1.37. The van der Waals surface area contributed by atoms with Crippen LogP contribution in [0.1, 0.15) is 28.9 Å². The Kier molecular flexibility index (Phi) is 5.44. The molecule has 1 N–H and O–H groups in total. The summed E-state index contributed by atoms with van der Waals surface area (Å²) in [7, 11) is 1.51. The van der Waals surface area contributed by atoms with E-state index in [1.165, 1.54) is 24.5 Å². The zero-order valence-corrected chi connectivity index (χ0v) is 16.4. The Bertz CT molecular complexity index is 1050. The Labute approximate surface area is 170 Å². The van der Waals surface area contributed by atoms with Gasteiger partial charge in [-0.1, -0.05) is 6.07 Å². The molecule has 1 aromatic heterocycles. The van der Waals surface area contributed by atoms with Gasteiger partial charge in [0, 0.05) is 17.0 Å². The lowest BCUT2D eigenvalue weighted by Crippen LogP contribution is -2.25. The van der Waals surface area contributed by atoms with Gasteiger partial charge in [-0.05, 0) is 48.7 Å². The maximum absolute atomic E-state index is 13.3. The lowest BCUT2D eigenvalue weighted by molar-refractivity contribution is 0.0947. The molecule has 0 atom stereocenters. The van der Waals surface area contributed by atoms with Gasteiger partial charge in [0.1, 0.15) is 17.3 Å². The molecule has 0 radical (unpaired) electrons. The minimum absolute atomic E-state index is 0.0651. The molecule has 0 bridgehead atoms. The van der Waals surface area contributed by atoms with Crippen molar-refractivity contribution in [2.75, 3.05) is 7.11 Å². The molecule has 1 heterocycles. The summed E-state index contributed by atoms with van der Waals surface area (Å²) in [6.07, 6.45) is 2.04. The van der Waals surface area contributed by atoms with E-state index in [9.17, 15) is 13.6 Å². The minimum atomic E-state index is -0.918. The summed E-state index contributed by atoms with van der Waals surface area (Å²) in [4.78, 5) is 16.5. The third kappa shape index (κ3) is 4.54. The van der Waals surface area contributed by atoms with Crippen LogP contribution >= 0.6 is 11.3 Å². The Hall–Kier alpha value is -3.00. The number of rotatable bonds is 7. The number of carbonyl (C=O) groups excluding carboxylic acids is 1. The lowest BCUT2D eigenvalue weighted by Gasteiger charge is -2.12. The van der Waals surface area contributed by atoms with Gasteiger partial charge < -0.3 is 14.8 Å². The van der Waals surface area contributed by atoms with Gasteiger partial charge in [-0.2, -0.15) is 0 Å². The van der Waals surface area contributed by atoms with Crippen molar-refractivity contribution in [2.45, 2.75) is 25.5 Å². The second kappa shape index (κ2) is 8.16. The number of aromatic nitrogens is 1. The van der Waals surface area contributed by atoms with E-state index in [1.807, 2.05) is 6.07 Å². The van der Waals surface area contributed by atoms with E-state index in [4.69, 9.17) is 9.47 Å². The first-order chi connectivity index (χ1) is 14.0. The average molecular weight is 416 g/mol. The van der Waals surface area contributed by atoms with Crippen LogP contribution in [-0.2, 0) is 6.61 Å². The van der Waals surface area contributed by atoms with Crippen LogP contribution in [0.5, 0.6) is 11.5 Å². The van der Waals surface area contributed by atoms with E-state index >= 15 is 0 Å². The van der Waals surface area contributed by atoms with Crippen LogP contribution in [0.2, 0.25) is 0 Å². The van der Waals surface area contributed by atoms with Crippen LogP contribution in [-0.4, -0.2) is 24.0 Å². The number of amides is 1. The number of nitrogens with one attached hydrogen (secondary N) is 1. The topological polar surface area (TPSA) is 60.5 Å². The van der Waals surface area contributed by atoms with Gasteiger partial charge in [-0.25, -0.2) is 13.8 Å². The lowest BCUT2D eigenvalue weighted by atomic mass is 10.2. The number of hydrogen-bond acceptors (Lipinski definition) is 5. The highest BCUT2D eigenvalue weighted by Crippen LogP contribution is 2.34. The number of thiazole rings is 1. The largest absolute Gasteiger partial charge is 0.493 e. The second-order valence-electron chi connectivity index (χ2n) is 6.69. The number of halogens is 2. The summed E-state index contributed by atoms with van der Waals surface area (Å²) < 4.78 is 37.5. The summed E-state index contributed by atoms with van der Waals surface area (Å²) in [5.74, 6) is -1.04. The first-order valence-electron chi connectivity index (χ1n) is 9.05. The molecule has 1 saturated carbocycles. The number of benzene rings is 2. The highest BCUT2D eigenvalue weighted by molar-refractivity contribution is 7.13. The molecule has 0 saturated heterocycles. The van der Waals surface area contributed by atoms with Gasteiger partial charge in [0.2, 0.25) is 0 Å². The van der Waals surface area contributed by atoms with Crippen molar-refractivity contribution in [1.29, 1.82) is 0 Å². The molecular weight excluding hydrogens is 398 g/mol. The SMILES string of the molecule is COc1cc(-c2nc(C(=O)NC3CC3)cs2)ccc1OCc1ccc(F)c(F)c1. The first-order valence-corrected chi connectivity index (χ1v) is 9.93. The van der Waals surface area contributed by atoms with Gasteiger partial charge in [-0.3, -0.25) is 4.79 Å². The molecule has 5 nitrogen and oxygen atoms in total. The summed E-state index contributed by atoms with van der Waals surface area (Å²) in [6, 6.07) is 9.20. The van der Waals surface area contributed by atoms with E-state index in [1.54, 1.807) is 17.5 Å². The fourth-order valence-electron chi connectivity index (χ4n) is 2.71. The fourth-order valence-corrected chi connectivity index (χ4v) is 3.51. The molecule has 1 aliphatic rings. The average Bonchev–Trinajstić information content (AvgIpc) is 3.39. The summed E-state index contributed by atoms with van der Waals surface area (Å²) in [5, 5.41) is 5.34. The van der Waals surface area contributed by atoms with Crippen molar-refractivity contribution in [3.05, 3.63) is 64.7 Å². The molecule has 0 unspecified atom stereocenters. The third-order valence-electron chi connectivity index (χ3n) is 4.44. The van der Waals surface area contributed by atoms with Gasteiger partial charge in [0.15, 0.2) is 23.1 Å². The van der Waals surface area contributed by atoms with Crippen molar-refractivity contribution in [2.24, 2.45) is 0 Å². The maximum Gasteiger partial charge on any atom is 0.270 e. The van der Waals surface area contributed by atoms with Gasteiger partial charge in [-0.15, -0.1) is 11.3 Å². The number of nitrogens with zero attached hydrogens (tertiary/aromatic N) is 1. The Morgan fingerprint density at radius 2 is 2.00 bits per heavy atom. The minimum Gasteiger partial charge on any atom is -0.493 e. The highest BCUT2D eigenvalue weighted by Gasteiger charge is 2.25. The molecule has 150 valence electrons. The van der Waals surface area contributed by atoms with Crippen molar-refractivity contribution in [3.8, 4) is 22.1 Å². The standard InChI is InChI=1S/C21H18F2N2O3S/c1-27-19-9-13(21-25-17(11-29-21)20(26)24-14-4-5-14)3-7-18(19)28-10-12-2-6-15(22)16(23)8-12/h2-3,6-9,11,14H,4-5,10H2,1H3,(H,24,26). The van der Waals surface area contributed by atoms with Crippen LogP contribution in [0, 0.1) is 11.6 Å². The van der Waals surface area contributed by atoms with Crippen LogP contribution in [0.3, 0.4) is 0 Å². The van der Waals surface area contributed by atoms with E-state index in [0.717, 1.165) is 30.5 Å². The van der Waals surface area contributed by atoms with Crippen molar-refractivity contribution < 1.29 is 23.0 Å². The smallest absolute Gasteiger partial charge is 0.270 e. The zero-order chi connectivity index (χ0) is 20.4. The molecule has 0 aliphatic heterocycles. The zero-order valence-electron chi connectivity index (χ0n) is 15.6. The quantitative estimate of drug-likeness (QED) is 0.613. The fraction of sp³-hybridized carbons (Fsp3) is 0.238. The van der Waals surface area contributed by atoms with Crippen molar-refractivity contribution in [3.63, 3.8) is 0 Å². The monoisotopic (exact) mass is 416 g/mol. The van der Waals surface area contributed by atoms with Gasteiger partial charge in [0.25, 0.3) is 5.91 Å². The van der Waals surface area contributed by atoms with Crippen LogP contribution in [0.15, 0.2) is 41.8 Å². The number of methoxy groups -OCH3 is 1. The normalized spacial score (nSPS) is 13.2. The van der Waals surface area contributed by atoms with E-state index in [2.05, 4.69) is 10.3 Å². The number of carbonyl (C=O) groups is 1. The molecule has 1 amide bonds. The Morgan fingerprint density at radius 3 is 2.72 bits per heavy atom. The van der Waals surface area contributed by atoms with Gasteiger partial charge in [0.05, 0.1) is 7.11 Å². The molecule has 4 rings (SSSR count). The van der Waals surface area contributed by atoms with Crippen LogP contribution in [0.25, 0.3) is 10.6 Å². The van der Waals surface area contributed by atoms with Crippen molar-refractivity contribution in [1.82, 2.24) is 10.3 Å². The van der Waals surface area contributed by atoms with E-state index < -0.39 is 11.6 Å². The summed E-state index contributed by atoms with van der Waals surface area (Å²) in [5.41, 5.74) is 1.69. The molecular formula is C21H18F2N2O3S. The first kappa shape index (κ1) is 19.3. The van der Waals surface area contributed by atoms with E-state index in [0.29, 0.717) is 27.8 Å². The van der Waals surface area contributed by atoms with Gasteiger partial charge >= 0.3 is 0 Å². The molecule has 8 heteroatoms. The summed E-state index contributed by atoms with van der Waals surface area (Å²) in [6.45, 7) is 0.0651. The molecule has 1 fully saturated rings. The second-order valence-corrected chi connectivity index (χ2v) is 7.55. The molecule has 3 aromatic rings. The van der Waals surface area contributed by atoms with Crippen LogP contribution in [0.4, 0.5) is 8.78 Å². The predicted octanol–water partition coefficient (Wildman–Crippen LogP) is 4.57. The molecule has 2 aromatic carbocycles. The predicted molar refractivity (Wildman–Crippen MR) is 105 cm³/mol. The Balaban J connectivity index is 1.48. The number of ether oxygens (including phenoxy) is 2. The third-order valence-corrected chi connectivity index (χ3v) is 5.33. The van der Waals surface area contributed by atoms with E-state index in [-0.39, 0.29) is 18.6 Å². The molecule has 1 aliphatic carbocycles. The van der Waals surface area contributed by atoms with Crippen LogP contribution < -0.4 is 14.8 Å². The number of hydrogen-bond donors (Lipinski definition) is 1. The molecule has 29 heavy (non-hydrogen) atoms. The molecule has 0 spiro atoms. The Morgan fingerprint density at radius 1 is 1.17 bits per heavy atom.